The summed E-state index contributed by atoms with van der Waals surface area (Å²) in [5.41, 5.74) is -1.51. The lowest BCUT2D eigenvalue weighted by Gasteiger charge is -2.32. The van der Waals surface area contributed by atoms with Crippen molar-refractivity contribution in [2.45, 2.75) is 12.6 Å². The molecule has 1 aliphatic rings. The molecule has 132 valence electrons. The molecule has 0 radical (unpaired) electrons. The molecule has 10 nitrogen and oxygen atoms in total. The molecule has 10 heteroatoms. The van der Waals surface area contributed by atoms with E-state index >= 15 is 0 Å². The van der Waals surface area contributed by atoms with Crippen LogP contribution in [0.25, 0.3) is 0 Å². The standard InChI is InChI=1S/C15H17N5O5/c21-12-6-10(18-15(24)19-12)14(23)20-4-3-16-11(8-20)13(22)17-7-9-2-1-5-25-9/h1-2,5-6,11,16H,3-4,7-8H2,(H,17,22)(H2,18,19,21,24). The first-order valence-corrected chi connectivity index (χ1v) is 7.69. The molecule has 0 bridgehead atoms. The summed E-state index contributed by atoms with van der Waals surface area (Å²) < 4.78 is 5.14. The summed E-state index contributed by atoms with van der Waals surface area (Å²) in [6.45, 7) is 1.14. The molecule has 2 aromatic heterocycles. The highest BCUT2D eigenvalue weighted by Gasteiger charge is 2.29. The Morgan fingerprint density at radius 2 is 2.16 bits per heavy atom. The van der Waals surface area contributed by atoms with Crippen molar-refractivity contribution in [2.24, 2.45) is 0 Å². The van der Waals surface area contributed by atoms with E-state index in [1.54, 1.807) is 12.1 Å². The zero-order valence-electron chi connectivity index (χ0n) is 13.2. The number of furan rings is 1. The number of H-pyrrole nitrogens is 2. The number of nitrogens with zero attached hydrogens (tertiary/aromatic N) is 1. The van der Waals surface area contributed by atoms with E-state index in [2.05, 4.69) is 15.6 Å². The SMILES string of the molecule is O=C(NCc1ccco1)C1CN(C(=O)c2cc(=O)[nH]c(=O)[nH]2)CCN1. The highest BCUT2D eigenvalue weighted by atomic mass is 16.3. The van der Waals surface area contributed by atoms with Crippen molar-refractivity contribution >= 4 is 11.8 Å². The summed E-state index contributed by atoms with van der Waals surface area (Å²) in [6.07, 6.45) is 1.52. The number of carbonyl (C=O) groups excluding carboxylic acids is 2. The first-order chi connectivity index (χ1) is 12.0. The lowest BCUT2D eigenvalue weighted by Crippen LogP contribution is -2.58. The lowest BCUT2D eigenvalue weighted by molar-refractivity contribution is -0.124. The van der Waals surface area contributed by atoms with E-state index in [-0.39, 0.29) is 24.7 Å². The molecule has 0 aromatic carbocycles. The van der Waals surface area contributed by atoms with Gasteiger partial charge in [-0.2, -0.15) is 0 Å². The predicted molar refractivity (Wildman–Crippen MR) is 85.9 cm³/mol. The maximum absolute atomic E-state index is 12.4. The number of carbonyl (C=O) groups is 2. The molecule has 1 aliphatic heterocycles. The van der Waals surface area contributed by atoms with Crippen molar-refractivity contribution < 1.29 is 14.0 Å². The molecule has 25 heavy (non-hydrogen) atoms. The number of aromatic nitrogens is 2. The van der Waals surface area contributed by atoms with Crippen molar-refractivity contribution in [3.8, 4) is 0 Å². The molecule has 3 rings (SSSR count). The zero-order chi connectivity index (χ0) is 17.8. The molecule has 0 saturated carbocycles. The number of aromatic amines is 2. The van der Waals surface area contributed by atoms with Crippen molar-refractivity contribution in [1.29, 1.82) is 0 Å². The summed E-state index contributed by atoms with van der Waals surface area (Å²) in [4.78, 5) is 53.0. The van der Waals surface area contributed by atoms with E-state index in [1.807, 2.05) is 4.98 Å². The van der Waals surface area contributed by atoms with Crippen LogP contribution in [-0.2, 0) is 11.3 Å². The second-order valence-electron chi connectivity index (χ2n) is 5.56. The van der Waals surface area contributed by atoms with Gasteiger partial charge in [-0.25, -0.2) is 4.79 Å². The van der Waals surface area contributed by atoms with Gasteiger partial charge in [0.25, 0.3) is 11.5 Å². The Morgan fingerprint density at radius 1 is 1.32 bits per heavy atom. The Hall–Kier alpha value is -3.14. The molecule has 1 atom stereocenters. The van der Waals surface area contributed by atoms with Gasteiger partial charge in [-0.15, -0.1) is 0 Å². The normalized spacial score (nSPS) is 17.3. The van der Waals surface area contributed by atoms with Crippen LogP contribution >= 0.6 is 0 Å². The number of hydrogen-bond donors (Lipinski definition) is 4. The maximum atomic E-state index is 12.4. The van der Waals surface area contributed by atoms with Gasteiger partial charge in [0.05, 0.1) is 12.8 Å². The largest absolute Gasteiger partial charge is 0.467 e. The lowest BCUT2D eigenvalue weighted by atomic mass is 10.1. The Kier molecular flexibility index (Phi) is 4.80. The fourth-order valence-electron chi connectivity index (χ4n) is 2.57. The van der Waals surface area contributed by atoms with E-state index in [1.165, 1.54) is 11.2 Å². The van der Waals surface area contributed by atoms with Crippen LogP contribution in [0.4, 0.5) is 0 Å². The molecule has 2 amide bonds. The van der Waals surface area contributed by atoms with Crippen LogP contribution < -0.4 is 21.9 Å². The number of rotatable bonds is 4. The minimum atomic E-state index is -0.751. The van der Waals surface area contributed by atoms with Gasteiger partial charge >= 0.3 is 5.69 Å². The topological polar surface area (TPSA) is 140 Å². The molecule has 3 heterocycles. The van der Waals surface area contributed by atoms with E-state index < -0.39 is 23.2 Å². The van der Waals surface area contributed by atoms with E-state index in [0.29, 0.717) is 18.8 Å². The summed E-state index contributed by atoms with van der Waals surface area (Å²) in [6, 6.07) is 3.90. The van der Waals surface area contributed by atoms with Crippen LogP contribution in [-0.4, -0.2) is 52.4 Å². The molecule has 1 fully saturated rings. The number of nitrogens with one attached hydrogen (secondary N) is 4. The van der Waals surface area contributed by atoms with Gasteiger partial charge in [0, 0.05) is 25.7 Å². The van der Waals surface area contributed by atoms with E-state index in [9.17, 15) is 19.2 Å². The first kappa shape index (κ1) is 16.7. The minimum absolute atomic E-state index is 0.106. The number of hydrogen-bond acceptors (Lipinski definition) is 6. The highest BCUT2D eigenvalue weighted by molar-refractivity contribution is 5.93. The average molecular weight is 347 g/mol. The van der Waals surface area contributed by atoms with Crippen molar-refractivity contribution in [1.82, 2.24) is 25.5 Å². The van der Waals surface area contributed by atoms with Crippen LogP contribution in [0.15, 0.2) is 38.5 Å². The second-order valence-corrected chi connectivity index (χ2v) is 5.56. The van der Waals surface area contributed by atoms with Crippen molar-refractivity contribution in [3.63, 3.8) is 0 Å². The molecule has 1 unspecified atom stereocenters. The van der Waals surface area contributed by atoms with Crippen LogP contribution in [0.3, 0.4) is 0 Å². The third-order valence-electron chi connectivity index (χ3n) is 3.79. The number of piperazine rings is 1. The van der Waals surface area contributed by atoms with E-state index in [4.69, 9.17) is 4.42 Å². The smallest absolute Gasteiger partial charge is 0.326 e. The van der Waals surface area contributed by atoms with Gasteiger partial charge < -0.3 is 24.9 Å². The van der Waals surface area contributed by atoms with E-state index in [0.717, 1.165) is 6.07 Å². The fourth-order valence-corrected chi connectivity index (χ4v) is 2.57. The average Bonchev–Trinajstić information content (AvgIpc) is 3.12. The van der Waals surface area contributed by atoms with Gasteiger partial charge in [0.2, 0.25) is 5.91 Å². The molecular formula is C15H17N5O5. The van der Waals surface area contributed by atoms with Crippen LogP contribution in [0, 0.1) is 0 Å². The Morgan fingerprint density at radius 3 is 2.88 bits per heavy atom. The van der Waals surface area contributed by atoms with Crippen LogP contribution in [0.5, 0.6) is 0 Å². The Balaban J connectivity index is 1.63. The van der Waals surface area contributed by atoms with Gasteiger partial charge in [0.1, 0.15) is 17.5 Å². The fraction of sp³-hybridized carbons (Fsp3) is 0.333. The summed E-state index contributed by atoms with van der Waals surface area (Å²) >= 11 is 0. The minimum Gasteiger partial charge on any atom is -0.467 e. The molecule has 4 N–H and O–H groups in total. The second kappa shape index (κ2) is 7.18. The van der Waals surface area contributed by atoms with Crippen LogP contribution in [0.2, 0.25) is 0 Å². The van der Waals surface area contributed by atoms with Crippen molar-refractivity contribution in [3.05, 3.63) is 56.8 Å². The van der Waals surface area contributed by atoms with Gasteiger partial charge in [-0.3, -0.25) is 19.4 Å². The first-order valence-electron chi connectivity index (χ1n) is 7.69. The Bertz CT molecular complexity index is 841. The van der Waals surface area contributed by atoms with Crippen LogP contribution in [0.1, 0.15) is 16.2 Å². The molecule has 2 aromatic rings. The zero-order valence-corrected chi connectivity index (χ0v) is 13.2. The van der Waals surface area contributed by atoms with Gasteiger partial charge in [0.15, 0.2) is 0 Å². The molecule has 1 saturated heterocycles. The van der Waals surface area contributed by atoms with Gasteiger partial charge in [-0.1, -0.05) is 0 Å². The molecular weight excluding hydrogens is 330 g/mol. The summed E-state index contributed by atoms with van der Waals surface area (Å²) in [7, 11) is 0. The molecule has 0 spiro atoms. The predicted octanol–water partition coefficient (Wildman–Crippen LogP) is -1.61. The highest BCUT2D eigenvalue weighted by Crippen LogP contribution is 2.05. The molecule has 0 aliphatic carbocycles. The summed E-state index contributed by atoms with van der Waals surface area (Å²) in [5.74, 6) is -0.153. The monoisotopic (exact) mass is 347 g/mol. The van der Waals surface area contributed by atoms with Crippen molar-refractivity contribution in [2.75, 3.05) is 19.6 Å². The Labute approximate surface area is 141 Å². The quantitative estimate of drug-likeness (QED) is 0.524. The third-order valence-corrected chi connectivity index (χ3v) is 3.79. The summed E-state index contributed by atoms with van der Waals surface area (Å²) in [5, 5.41) is 5.76. The third kappa shape index (κ3) is 4.04. The maximum Gasteiger partial charge on any atom is 0.326 e. The van der Waals surface area contributed by atoms with Gasteiger partial charge in [-0.05, 0) is 12.1 Å². The number of amides is 2.